The Morgan fingerprint density at radius 1 is 1.28 bits per heavy atom. The lowest BCUT2D eigenvalue weighted by Crippen LogP contribution is -2.30. The molecule has 130 valence electrons. The molecule has 6 heteroatoms. The zero-order chi connectivity index (χ0) is 18.0. The molecule has 0 saturated carbocycles. The molecule has 0 N–H and O–H groups in total. The number of carbonyl (C=O) groups excluding carboxylic acids is 1. The average Bonchev–Trinajstić information content (AvgIpc) is 3.04. The second kappa shape index (κ2) is 7.03. The van der Waals surface area contributed by atoms with E-state index in [1.165, 1.54) is 0 Å². The van der Waals surface area contributed by atoms with E-state index < -0.39 is 0 Å². The minimum atomic E-state index is -0.328. The van der Waals surface area contributed by atoms with Gasteiger partial charge in [0.1, 0.15) is 6.73 Å². The number of ether oxygens (including phenoxy) is 1. The molecule has 0 aliphatic rings. The van der Waals surface area contributed by atoms with Crippen molar-refractivity contribution in [1.29, 1.82) is 0 Å². The lowest BCUT2D eigenvalue weighted by Gasteiger charge is -2.20. The summed E-state index contributed by atoms with van der Waals surface area (Å²) in [5.74, 6) is -0.328. The van der Waals surface area contributed by atoms with Crippen molar-refractivity contribution in [3.63, 3.8) is 0 Å². The molecule has 0 radical (unpaired) electrons. The van der Waals surface area contributed by atoms with Crippen molar-refractivity contribution in [2.24, 2.45) is 7.05 Å². The highest BCUT2D eigenvalue weighted by molar-refractivity contribution is 5.94. The highest BCUT2D eigenvalue weighted by Crippen LogP contribution is 2.21. The third kappa shape index (κ3) is 3.85. The summed E-state index contributed by atoms with van der Waals surface area (Å²) in [5.41, 5.74) is 3.18. The minimum absolute atomic E-state index is 0.271. The van der Waals surface area contributed by atoms with Crippen LogP contribution in [0.5, 0.6) is 0 Å². The Kier molecular flexibility index (Phi) is 4.81. The Bertz CT molecular complexity index is 901. The number of rotatable bonds is 5. The summed E-state index contributed by atoms with van der Waals surface area (Å²) < 4.78 is 7.10. The number of carbonyl (C=O) groups is 1. The highest BCUT2D eigenvalue weighted by Gasteiger charge is 2.12. The van der Waals surface area contributed by atoms with Crippen LogP contribution >= 0.6 is 0 Å². The summed E-state index contributed by atoms with van der Waals surface area (Å²) >= 11 is 0. The standard InChI is InChI=1S/C19H22N4O2/c1-13(2)22(3)12-25-19(24)15-6-8-17-14(9-15)5-7-18(21-17)16-10-20-23(4)11-16/h5-11,13H,12H2,1-4H3. The van der Waals surface area contributed by atoms with Crippen molar-refractivity contribution >= 4 is 16.9 Å². The lowest BCUT2D eigenvalue weighted by molar-refractivity contribution is 0.0214. The molecule has 6 nitrogen and oxygen atoms in total. The second-order valence-corrected chi connectivity index (χ2v) is 6.42. The fraction of sp³-hybridized carbons (Fsp3) is 0.316. The Hall–Kier alpha value is -2.73. The SMILES string of the molecule is CC(C)N(C)COC(=O)c1ccc2nc(-c3cnn(C)c3)ccc2c1. The fourth-order valence-electron chi connectivity index (χ4n) is 2.36. The van der Waals surface area contributed by atoms with Gasteiger partial charge in [0.2, 0.25) is 0 Å². The summed E-state index contributed by atoms with van der Waals surface area (Å²) in [7, 11) is 3.79. The van der Waals surface area contributed by atoms with Crippen LogP contribution in [-0.4, -0.2) is 45.5 Å². The summed E-state index contributed by atoms with van der Waals surface area (Å²) in [6.45, 7) is 4.37. The topological polar surface area (TPSA) is 60.2 Å². The van der Waals surface area contributed by atoms with Gasteiger partial charge >= 0.3 is 5.97 Å². The number of hydrogen-bond donors (Lipinski definition) is 0. The van der Waals surface area contributed by atoms with Gasteiger partial charge in [0.05, 0.1) is 23.0 Å². The van der Waals surface area contributed by atoms with E-state index in [4.69, 9.17) is 4.74 Å². The summed E-state index contributed by atoms with van der Waals surface area (Å²) in [6, 6.07) is 9.62. The van der Waals surface area contributed by atoms with Crippen LogP contribution in [0.3, 0.4) is 0 Å². The van der Waals surface area contributed by atoms with E-state index in [-0.39, 0.29) is 12.7 Å². The molecule has 0 aliphatic carbocycles. The molecular formula is C19H22N4O2. The van der Waals surface area contributed by atoms with Crippen LogP contribution in [0.1, 0.15) is 24.2 Å². The van der Waals surface area contributed by atoms with Gasteiger partial charge in [0.15, 0.2) is 0 Å². The van der Waals surface area contributed by atoms with E-state index in [0.29, 0.717) is 11.6 Å². The third-order valence-corrected chi connectivity index (χ3v) is 4.21. The van der Waals surface area contributed by atoms with Gasteiger partial charge in [-0.05, 0) is 45.2 Å². The van der Waals surface area contributed by atoms with Crippen LogP contribution in [-0.2, 0) is 11.8 Å². The van der Waals surface area contributed by atoms with Crippen LogP contribution in [0.4, 0.5) is 0 Å². The molecule has 0 fully saturated rings. The minimum Gasteiger partial charge on any atom is -0.446 e. The van der Waals surface area contributed by atoms with Gasteiger partial charge in [-0.2, -0.15) is 5.10 Å². The van der Waals surface area contributed by atoms with E-state index in [0.717, 1.165) is 22.2 Å². The molecule has 0 amide bonds. The first-order valence-corrected chi connectivity index (χ1v) is 8.21. The van der Waals surface area contributed by atoms with Gasteiger partial charge in [-0.15, -0.1) is 0 Å². The Labute approximate surface area is 147 Å². The molecule has 0 aliphatic heterocycles. The highest BCUT2D eigenvalue weighted by atomic mass is 16.5. The summed E-state index contributed by atoms with van der Waals surface area (Å²) in [5, 5.41) is 5.07. The molecule has 0 unspecified atom stereocenters. The number of aryl methyl sites for hydroxylation is 1. The smallest absolute Gasteiger partial charge is 0.339 e. The number of pyridine rings is 1. The number of aromatic nitrogens is 3. The Morgan fingerprint density at radius 2 is 2.08 bits per heavy atom. The van der Waals surface area contributed by atoms with Crippen LogP contribution < -0.4 is 0 Å². The van der Waals surface area contributed by atoms with Crippen molar-refractivity contribution in [3.05, 3.63) is 48.3 Å². The van der Waals surface area contributed by atoms with E-state index in [1.54, 1.807) is 16.9 Å². The van der Waals surface area contributed by atoms with Crippen molar-refractivity contribution < 1.29 is 9.53 Å². The van der Waals surface area contributed by atoms with Crippen molar-refractivity contribution in [1.82, 2.24) is 19.7 Å². The van der Waals surface area contributed by atoms with Gasteiger partial charge in [-0.25, -0.2) is 9.78 Å². The molecule has 3 rings (SSSR count). The maximum absolute atomic E-state index is 12.2. The van der Waals surface area contributed by atoms with Crippen LogP contribution in [0.2, 0.25) is 0 Å². The van der Waals surface area contributed by atoms with Crippen molar-refractivity contribution in [2.45, 2.75) is 19.9 Å². The molecule has 1 aromatic carbocycles. The van der Waals surface area contributed by atoms with E-state index >= 15 is 0 Å². The third-order valence-electron chi connectivity index (χ3n) is 4.21. The zero-order valence-electron chi connectivity index (χ0n) is 14.9. The quantitative estimate of drug-likeness (QED) is 0.528. The first-order chi connectivity index (χ1) is 11.9. The fourth-order valence-corrected chi connectivity index (χ4v) is 2.36. The predicted octanol–water partition coefficient (Wildman–Crippen LogP) is 3.09. The number of nitrogens with zero attached hydrogens (tertiary/aromatic N) is 4. The molecule has 2 heterocycles. The van der Waals surface area contributed by atoms with E-state index in [9.17, 15) is 4.79 Å². The normalized spacial score (nSPS) is 11.4. The lowest BCUT2D eigenvalue weighted by atomic mass is 10.1. The second-order valence-electron chi connectivity index (χ2n) is 6.42. The van der Waals surface area contributed by atoms with Crippen molar-refractivity contribution in [2.75, 3.05) is 13.8 Å². The zero-order valence-corrected chi connectivity index (χ0v) is 14.9. The molecule has 3 aromatic rings. The van der Waals surface area contributed by atoms with Gasteiger partial charge < -0.3 is 4.74 Å². The molecular weight excluding hydrogens is 316 g/mol. The molecule has 0 spiro atoms. The predicted molar refractivity (Wildman–Crippen MR) is 97.1 cm³/mol. The van der Waals surface area contributed by atoms with Gasteiger partial charge in [-0.3, -0.25) is 9.58 Å². The number of fused-ring (bicyclic) bond motifs is 1. The maximum atomic E-state index is 12.2. The monoisotopic (exact) mass is 338 g/mol. The first-order valence-electron chi connectivity index (χ1n) is 8.21. The summed E-state index contributed by atoms with van der Waals surface area (Å²) in [6.07, 6.45) is 3.70. The van der Waals surface area contributed by atoms with Crippen LogP contribution in [0.25, 0.3) is 22.2 Å². The number of benzene rings is 1. The number of esters is 1. The molecule has 0 bridgehead atoms. The van der Waals surface area contributed by atoms with Crippen molar-refractivity contribution in [3.8, 4) is 11.3 Å². The Balaban J connectivity index is 1.80. The average molecular weight is 338 g/mol. The molecule has 0 saturated heterocycles. The molecule has 0 atom stereocenters. The van der Waals surface area contributed by atoms with Gasteiger partial charge in [0.25, 0.3) is 0 Å². The van der Waals surface area contributed by atoms with Gasteiger partial charge in [-0.1, -0.05) is 6.07 Å². The van der Waals surface area contributed by atoms with E-state index in [1.807, 2.05) is 49.5 Å². The van der Waals surface area contributed by atoms with Crippen LogP contribution in [0, 0.1) is 0 Å². The first kappa shape index (κ1) is 17.1. The van der Waals surface area contributed by atoms with E-state index in [2.05, 4.69) is 23.9 Å². The van der Waals surface area contributed by atoms with Gasteiger partial charge in [0, 0.05) is 30.2 Å². The maximum Gasteiger partial charge on any atom is 0.339 e. The molecule has 2 aromatic heterocycles. The largest absolute Gasteiger partial charge is 0.446 e. The summed E-state index contributed by atoms with van der Waals surface area (Å²) in [4.78, 5) is 18.8. The molecule has 25 heavy (non-hydrogen) atoms. The van der Waals surface area contributed by atoms with Crippen LogP contribution in [0.15, 0.2) is 42.7 Å². The number of hydrogen-bond acceptors (Lipinski definition) is 5. The Morgan fingerprint density at radius 3 is 2.76 bits per heavy atom.